The van der Waals surface area contributed by atoms with Crippen LogP contribution in [0.4, 0.5) is 0 Å². The van der Waals surface area contributed by atoms with E-state index in [4.69, 9.17) is 11.6 Å². The van der Waals surface area contributed by atoms with Crippen LogP contribution < -0.4 is 0 Å². The molecule has 0 bridgehead atoms. The molecule has 0 saturated heterocycles. The number of hydrogen-bond donors (Lipinski definition) is 0. The van der Waals surface area contributed by atoms with Crippen LogP contribution in [0.2, 0.25) is 5.15 Å². The number of benzene rings is 1. The molecule has 0 amide bonds. The molecule has 0 saturated carbocycles. The van der Waals surface area contributed by atoms with Crippen LogP contribution >= 0.6 is 43.5 Å². The van der Waals surface area contributed by atoms with Crippen LogP contribution in [-0.2, 0) is 0 Å². The van der Waals surface area contributed by atoms with E-state index < -0.39 is 0 Å². The summed E-state index contributed by atoms with van der Waals surface area (Å²) in [7, 11) is 0. The van der Waals surface area contributed by atoms with Gasteiger partial charge < -0.3 is 0 Å². The molecule has 0 N–H and O–H groups in total. The molecule has 13 heavy (non-hydrogen) atoms. The first-order chi connectivity index (χ1) is 6.18. The Kier molecular flexibility index (Phi) is 2.58. The maximum Gasteiger partial charge on any atom is 0.136 e. The molecule has 1 nitrogen and oxygen atoms in total. The van der Waals surface area contributed by atoms with Gasteiger partial charge in [0, 0.05) is 25.9 Å². The fraction of sp³-hybridized carbons (Fsp3) is 0. The minimum atomic E-state index is 0.527. The van der Waals surface area contributed by atoms with Crippen LogP contribution in [0.3, 0.4) is 0 Å². The maximum absolute atomic E-state index is 5.95. The molecule has 0 spiro atoms. The monoisotopic (exact) mass is 319 g/mol. The Morgan fingerprint density at radius 2 is 1.92 bits per heavy atom. The summed E-state index contributed by atoms with van der Waals surface area (Å²) < 4.78 is 1.96. The topological polar surface area (TPSA) is 12.9 Å². The second-order valence-corrected chi connectivity index (χ2v) is 4.71. The first-order valence-electron chi connectivity index (χ1n) is 3.58. The molecular weight excluding hydrogens is 317 g/mol. The number of aromatic nitrogens is 1. The number of pyridine rings is 1. The second-order valence-electron chi connectivity index (χ2n) is 2.59. The second kappa shape index (κ2) is 3.56. The van der Waals surface area contributed by atoms with Gasteiger partial charge in [0.05, 0.1) is 0 Å². The first-order valence-corrected chi connectivity index (χ1v) is 5.54. The van der Waals surface area contributed by atoms with E-state index in [2.05, 4.69) is 36.8 Å². The maximum atomic E-state index is 5.95. The van der Waals surface area contributed by atoms with E-state index in [0.29, 0.717) is 5.15 Å². The Morgan fingerprint density at radius 3 is 2.69 bits per heavy atom. The van der Waals surface area contributed by atoms with Crippen LogP contribution in [0.5, 0.6) is 0 Å². The number of hydrogen-bond acceptors (Lipinski definition) is 1. The molecule has 66 valence electrons. The molecule has 0 atom stereocenters. The van der Waals surface area contributed by atoms with Crippen molar-refractivity contribution in [2.75, 3.05) is 0 Å². The van der Waals surface area contributed by atoms with E-state index in [9.17, 15) is 0 Å². The zero-order valence-corrected chi connectivity index (χ0v) is 10.3. The molecular formula is C9H4Br2ClN. The van der Waals surface area contributed by atoms with E-state index in [1.165, 1.54) is 0 Å². The molecule has 0 aliphatic carbocycles. The average molecular weight is 321 g/mol. The first kappa shape index (κ1) is 9.44. The van der Waals surface area contributed by atoms with Gasteiger partial charge in [-0.3, -0.25) is 0 Å². The highest BCUT2D eigenvalue weighted by molar-refractivity contribution is 9.11. The highest BCUT2D eigenvalue weighted by atomic mass is 79.9. The predicted octanol–water partition coefficient (Wildman–Crippen LogP) is 4.41. The van der Waals surface area contributed by atoms with Gasteiger partial charge in [0.15, 0.2) is 0 Å². The van der Waals surface area contributed by atoms with Crippen molar-refractivity contribution in [2.24, 2.45) is 0 Å². The number of fused-ring (bicyclic) bond motifs is 1. The summed E-state index contributed by atoms with van der Waals surface area (Å²) in [6.45, 7) is 0. The van der Waals surface area contributed by atoms with Gasteiger partial charge in [-0.1, -0.05) is 33.6 Å². The zero-order chi connectivity index (χ0) is 9.42. The predicted molar refractivity (Wildman–Crippen MR) is 62.2 cm³/mol. The van der Waals surface area contributed by atoms with Gasteiger partial charge in [0.2, 0.25) is 0 Å². The normalized spacial score (nSPS) is 10.7. The summed E-state index contributed by atoms with van der Waals surface area (Å²) in [5, 5.41) is 2.55. The van der Waals surface area contributed by atoms with Crippen LogP contribution in [0.25, 0.3) is 10.8 Å². The smallest absolute Gasteiger partial charge is 0.136 e. The molecule has 4 heteroatoms. The van der Waals surface area contributed by atoms with Crippen molar-refractivity contribution in [3.8, 4) is 0 Å². The summed E-state index contributed by atoms with van der Waals surface area (Å²) in [6.07, 6.45) is 1.71. The molecule has 1 aromatic carbocycles. The van der Waals surface area contributed by atoms with Crippen LogP contribution in [0, 0.1) is 0 Å². The summed E-state index contributed by atoms with van der Waals surface area (Å²) in [5.41, 5.74) is 0. The van der Waals surface area contributed by atoms with E-state index in [-0.39, 0.29) is 0 Å². The third-order valence-corrected chi connectivity index (χ3v) is 3.18. The number of rotatable bonds is 0. The Hall–Kier alpha value is -0.120. The van der Waals surface area contributed by atoms with E-state index >= 15 is 0 Å². The minimum Gasteiger partial charge on any atom is -0.243 e. The molecule has 0 unspecified atom stereocenters. The van der Waals surface area contributed by atoms with Crippen LogP contribution in [0.1, 0.15) is 0 Å². The van der Waals surface area contributed by atoms with Crippen molar-refractivity contribution >= 4 is 54.2 Å². The number of nitrogens with zero attached hydrogens (tertiary/aromatic N) is 1. The van der Waals surface area contributed by atoms with Crippen molar-refractivity contribution in [3.63, 3.8) is 0 Å². The van der Waals surface area contributed by atoms with E-state index in [0.717, 1.165) is 19.7 Å². The van der Waals surface area contributed by atoms with Gasteiger partial charge in [-0.25, -0.2) is 4.98 Å². The van der Waals surface area contributed by atoms with E-state index in [1.807, 2.05) is 18.2 Å². The van der Waals surface area contributed by atoms with Gasteiger partial charge in [0.25, 0.3) is 0 Å². The molecule has 0 fully saturated rings. The average Bonchev–Trinajstić information content (AvgIpc) is 2.12. The highest BCUT2D eigenvalue weighted by Crippen LogP contribution is 2.29. The largest absolute Gasteiger partial charge is 0.243 e. The lowest BCUT2D eigenvalue weighted by atomic mass is 10.2. The fourth-order valence-corrected chi connectivity index (χ4v) is 2.16. The summed E-state index contributed by atoms with van der Waals surface area (Å²) in [5.74, 6) is 0. The van der Waals surface area contributed by atoms with E-state index in [1.54, 1.807) is 6.20 Å². The van der Waals surface area contributed by atoms with Crippen molar-refractivity contribution < 1.29 is 0 Å². The number of halogens is 3. The lowest BCUT2D eigenvalue weighted by molar-refractivity contribution is 1.34. The molecule has 1 aromatic heterocycles. The van der Waals surface area contributed by atoms with Gasteiger partial charge in [-0.15, -0.1) is 0 Å². The Morgan fingerprint density at radius 1 is 1.15 bits per heavy atom. The van der Waals surface area contributed by atoms with Gasteiger partial charge in [-0.05, 0) is 28.1 Å². The lowest BCUT2D eigenvalue weighted by Gasteiger charge is -2.02. The van der Waals surface area contributed by atoms with Crippen molar-refractivity contribution in [1.82, 2.24) is 4.98 Å². The summed E-state index contributed by atoms with van der Waals surface area (Å²) in [6, 6.07) is 5.93. The van der Waals surface area contributed by atoms with Crippen molar-refractivity contribution in [3.05, 3.63) is 38.5 Å². The minimum absolute atomic E-state index is 0.527. The zero-order valence-electron chi connectivity index (χ0n) is 6.39. The lowest BCUT2D eigenvalue weighted by Crippen LogP contribution is -1.80. The SMILES string of the molecule is Clc1ncc(Br)c2ccc(Br)cc12. The molecule has 1 heterocycles. The van der Waals surface area contributed by atoms with Gasteiger partial charge >= 0.3 is 0 Å². The molecule has 0 aliphatic heterocycles. The quantitative estimate of drug-likeness (QED) is 0.655. The Labute approximate surface area is 97.4 Å². The van der Waals surface area contributed by atoms with Gasteiger partial charge in [-0.2, -0.15) is 0 Å². The summed E-state index contributed by atoms with van der Waals surface area (Å²) >= 11 is 12.8. The van der Waals surface area contributed by atoms with Crippen LogP contribution in [0.15, 0.2) is 33.3 Å². The van der Waals surface area contributed by atoms with Crippen molar-refractivity contribution in [2.45, 2.75) is 0 Å². The third-order valence-electron chi connectivity index (χ3n) is 1.75. The van der Waals surface area contributed by atoms with Crippen LogP contribution in [-0.4, -0.2) is 4.98 Å². The molecule has 2 aromatic rings. The highest BCUT2D eigenvalue weighted by Gasteiger charge is 2.03. The molecule has 0 radical (unpaired) electrons. The van der Waals surface area contributed by atoms with Crippen molar-refractivity contribution in [1.29, 1.82) is 0 Å². The Balaban J connectivity index is 2.92. The standard InChI is InChI=1S/C9H4Br2ClN/c10-5-1-2-6-7(3-5)9(12)13-4-8(6)11/h1-4H. The molecule has 2 rings (SSSR count). The summed E-state index contributed by atoms with van der Waals surface area (Å²) in [4.78, 5) is 4.05. The third kappa shape index (κ3) is 1.73. The Bertz CT molecular complexity index is 470. The fourth-order valence-electron chi connectivity index (χ4n) is 1.15. The molecule has 0 aliphatic rings. The van der Waals surface area contributed by atoms with Gasteiger partial charge in [0.1, 0.15) is 5.15 Å².